The van der Waals surface area contributed by atoms with Gasteiger partial charge in [-0.05, 0) is 38.0 Å². The highest BCUT2D eigenvalue weighted by Crippen LogP contribution is 2.18. The SMILES string of the molecule is CCCN(CCC)c1nc(C)cc(C(=O)Nc2ccccc2C(=O)OC)n1. The van der Waals surface area contributed by atoms with Crippen molar-refractivity contribution >= 4 is 23.5 Å². The largest absolute Gasteiger partial charge is 0.465 e. The van der Waals surface area contributed by atoms with Crippen LogP contribution >= 0.6 is 0 Å². The number of esters is 1. The molecule has 27 heavy (non-hydrogen) atoms. The van der Waals surface area contributed by atoms with E-state index in [1.807, 2.05) is 6.92 Å². The summed E-state index contributed by atoms with van der Waals surface area (Å²) < 4.78 is 4.77. The predicted octanol–water partition coefficient (Wildman–Crippen LogP) is 3.45. The lowest BCUT2D eigenvalue weighted by Crippen LogP contribution is -2.28. The molecule has 0 aliphatic heterocycles. The third-order valence-corrected chi connectivity index (χ3v) is 3.93. The molecule has 144 valence electrons. The van der Waals surface area contributed by atoms with E-state index in [0.717, 1.165) is 25.9 Å². The first-order valence-electron chi connectivity index (χ1n) is 9.09. The summed E-state index contributed by atoms with van der Waals surface area (Å²) in [6.45, 7) is 7.67. The van der Waals surface area contributed by atoms with E-state index in [1.165, 1.54) is 7.11 Å². The minimum absolute atomic E-state index is 0.259. The van der Waals surface area contributed by atoms with Crippen molar-refractivity contribution in [2.75, 3.05) is 30.4 Å². The minimum Gasteiger partial charge on any atom is -0.465 e. The average molecular weight is 370 g/mol. The fourth-order valence-electron chi connectivity index (χ4n) is 2.73. The maximum Gasteiger partial charge on any atom is 0.339 e. The van der Waals surface area contributed by atoms with Gasteiger partial charge < -0.3 is 15.0 Å². The van der Waals surface area contributed by atoms with Gasteiger partial charge in [0.15, 0.2) is 0 Å². The van der Waals surface area contributed by atoms with Crippen molar-refractivity contribution in [1.29, 1.82) is 0 Å². The number of amides is 1. The van der Waals surface area contributed by atoms with E-state index >= 15 is 0 Å². The summed E-state index contributed by atoms with van der Waals surface area (Å²) >= 11 is 0. The van der Waals surface area contributed by atoms with Crippen molar-refractivity contribution in [1.82, 2.24) is 9.97 Å². The van der Waals surface area contributed by atoms with Gasteiger partial charge in [-0.1, -0.05) is 26.0 Å². The number of methoxy groups -OCH3 is 1. The van der Waals surface area contributed by atoms with Gasteiger partial charge in [0.05, 0.1) is 18.4 Å². The highest BCUT2D eigenvalue weighted by molar-refractivity contribution is 6.07. The zero-order valence-electron chi connectivity index (χ0n) is 16.3. The Morgan fingerprint density at radius 3 is 2.41 bits per heavy atom. The minimum atomic E-state index is -0.512. The first kappa shape index (κ1) is 20.4. The average Bonchev–Trinajstić information content (AvgIpc) is 2.67. The molecule has 0 spiro atoms. The highest BCUT2D eigenvalue weighted by Gasteiger charge is 2.17. The van der Waals surface area contributed by atoms with Gasteiger partial charge in [0, 0.05) is 18.8 Å². The van der Waals surface area contributed by atoms with Crippen molar-refractivity contribution in [2.45, 2.75) is 33.6 Å². The summed E-state index contributed by atoms with van der Waals surface area (Å²) in [5.74, 6) is -0.362. The number of nitrogens with zero attached hydrogens (tertiary/aromatic N) is 3. The second-order valence-electron chi connectivity index (χ2n) is 6.17. The van der Waals surface area contributed by atoms with Crippen LogP contribution in [-0.4, -0.2) is 42.0 Å². The molecule has 1 N–H and O–H groups in total. The Bertz CT molecular complexity index is 802. The zero-order chi connectivity index (χ0) is 19.8. The maximum atomic E-state index is 12.7. The second kappa shape index (κ2) is 9.66. The standard InChI is InChI=1S/C20H26N4O3/c1-5-11-24(12-6-2)20-21-14(3)13-17(23-20)18(25)22-16-10-8-7-9-15(16)19(26)27-4/h7-10,13H,5-6,11-12H2,1-4H3,(H,22,25). The molecule has 0 atom stereocenters. The smallest absolute Gasteiger partial charge is 0.339 e. The number of aryl methyl sites for hydroxylation is 1. The van der Waals surface area contributed by atoms with E-state index in [4.69, 9.17) is 4.74 Å². The van der Waals surface area contributed by atoms with Gasteiger partial charge in [-0.25, -0.2) is 14.8 Å². The number of benzene rings is 1. The summed E-state index contributed by atoms with van der Waals surface area (Å²) in [6, 6.07) is 8.34. The van der Waals surface area contributed by atoms with Crippen LogP contribution in [-0.2, 0) is 4.74 Å². The van der Waals surface area contributed by atoms with Gasteiger partial charge in [0.25, 0.3) is 5.91 Å². The lowest BCUT2D eigenvalue weighted by Gasteiger charge is -2.22. The lowest BCUT2D eigenvalue weighted by molar-refractivity contribution is 0.0602. The predicted molar refractivity (Wildman–Crippen MR) is 105 cm³/mol. The molecule has 0 bridgehead atoms. The van der Waals surface area contributed by atoms with Gasteiger partial charge in [0.2, 0.25) is 5.95 Å². The molecule has 0 aliphatic rings. The molecule has 0 saturated carbocycles. The van der Waals surface area contributed by atoms with Crippen molar-refractivity contribution in [3.05, 3.63) is 47.3 Å². The molecule has 1 aromatic heterocycles. The van der Waals surface area contributed by atoms with E-state index in [0.29, 0.717) is 17.3 Å². The van der Waals surface area contributed by atoms with Crippen LogP contribution in [0.2, 0.25) is 0 Å². The van der Waals surface area contributed by atoms with Gasteiger partial charge >= 0.3 is 5.97 Å². The molecule has 7 nitrogen and oxygen atoms in total. The van der Waals surface area contributed by atoms with E-state index in [1.54, 1.807) is 30.3 Å². The topological polar surface area (TPSA) is 84.4 Å². The number of carbonyl (C=O) groups excluding carboxylic acids is 2. The van der Waals surface area contributed by atoms with Gasteiger partial charge in [-0.3, -0.25) is 4.79 Å². The molecule has 2 aromatic rings. The first-order valence-corrected chi connectivity index (χ1v) is 9.09. The third-order valence-electron chi connectivity index (χ3n) is 3.93. The number of ether oxygens (including phenoxy) is 1. The fourth-order valence-corrected chi connectivity index (χ4v) is 2.73. The molecule has 1 heterocycles. The molecule has 0 aliphatic carbocycles. The molecule has 2 rings (SSSR count). The van der Waals surface area contributed by atoms with Crippen LogP contribution in [0.15, 0.2) is 30.3 Å². The van der Waals surface area contributed by atoms with Crippen molar-refractivity contribution in [2.24, 2.45) is 0 Å². The van der Waals surface area contributed by atoms with Gasteiger partial charge in [-0.2, -0.15) is 0 Å². The van der Waals surface area contributed by atoms with Crippen LogP contribution in [0.4, 0.5) is 11.6 Å². The van der Waals surface area contributed by atoms with E-state index in [9.17, 15) is 9.59 Å². The third kappa shape index (κ3) is 5.26. The Kier molecular flexibility index (Phi) is 7.28. The van der Waals surface area contributed by atoms with E-state index < -0.39 is 11.9 Å². The molecular formula is C20H26N4O3. The number of aromatic nitrogens is 2. The highest BCUT2D eigenvalue weighted by atomic mass is 16.5. The van der Waals surface area contributed by atoms with E-state index in [2.05, 4.69) is 34.0 Å². The number of hydrogen-bond donors (Lipinski definition) is 1. The summed E-state index contributed by atoms with van der Waals surface area (Å²) in [7, 11) is 1.30. The number of para-hydroxylation sites is 1. The Morgan fingerprint density at radius 2 is 1.78 bits per heavy atom. The van der Waals surface area contributed by atoms with Gasteiger partial charge in [-0.15, -0.1) is 0 Å². The maximum absolute atomic E-state index is 12.7. The van der Waals surface area contributed by atoms with Gasteiger partial charge in [0.1, 0.15) is 5.69 Å². The normalized spacial score (nSPS) is 10.4. The summed E-state index contributed by atoms with van der Waals surface area (Å²) in [4.78, 5) is 35.6. The molecule has 0 saturated heterocycles. The summed E-state index contributed by atoms with van der Waals surface area (Å²) in [5, 5.41) is 2.75. The Hall–Kier alpha value is -2.96. The lowest BCUT2D eigenvalue weighted by atomic mass is 10.1. The number of carbonyl (C=O) groups is 2. The van der Waals surface area contributed by atoms with Crippen molar-refractivity contribution < 1.29 is 14.3 Å². The summed E-state index contributed by atoms with van der Waals surface area (Å²) in [6.07, 6.45) is 1.93. The Morgan fingerprint density at radius 1 is 1.11 bits per heavy atom. The van der Waals surface area contributed by atoms with Crippen LogP contribution in [0.25, 0.3) is 0 Å². The zero-order valence-corrected chi connectivity index (χ0v) is 16.3. The molecule has 7 heteroatoms. The molecule has 1 aromatic carbocycles. The number of rotatable bonds is 8. The molecule has 0 unspecified atom stereocenters. The summed E-state index contributed by atoms with van der Waals surface area (Å²) in [5.41, 5.74) is 1.64. The number of hydrogen-bond acceptors (Lipinski definition) is 6. The van der Waals surface area contributed by atoms with Crippen molar-refractivity contribution in [3.8, 4) is 0 Å². The van der Waals surface area contributed by atoms with Crippen molar-refractivity contribution in [3.63, 3.8) is 0 Å². The monoisotopic (exact) mass is 370 g/mol. The molecule has 0 fully saturated rings. The van der Waals surface area contributed by atoms with Crippen LogP contribution in [0, 0.1) is 6.92 Å². The molecular weight excluding hydrogens is 344 g/mol. The number of anilines is 2. The Balaban J connectivity index is 2.31. The Labute approximate surface area is 159 Å². The number of nitrogens with one attached hydrogen (secondary N) is 1. The van der Waals surface area contributed by atoms with E-state index in [-0.39, 0.29) is 11.3 Å². The molecule has 0 radical (unpaired) electrons. The van der Waals surface area contributed by atoms with Crippen LogP contribution < -0.4 is 10.2 Å². The first-order chi connectivity index (χ1) is 13.0. The van der Waals surface area contributed by atoms with Crippen LogP contribution in [0.3, 0.4) is 0 Å². The fraction of sp³-hybridized carbons (Fsp3) is 0.400. The van der Waals surface area contributed by atoms with Crippen LogP contribution in [0.5, 0.6) is 0 Å². The molecule has 1 amide bonds. The van der Waals surface area contributed by atoms with Crippen LogP contribution in [0.1, 0.15) is 53.2 Å². The second-order valence-corrected chi connectivity index (χ2v) is 6.17. The quantitative estimate of drug-likeness (QED) is 0.717.